The molecule has 0 saturated carbocycles. The molecule has 0 aromatic heterocycles. The summed E-state index contributed by atoms with van der Waals surface area (Å²) >= 11 is 0. The minimum atomic E-state index is -2.36. The Kier molecular flexibility index (Phi) is 8.16. The molecule has 4 unspecified atom stereocenters. The Bertz CT molecular complexity index is 213. The molecule has 6 N–H and O–H groups in total. The Hall–Kier alpha value is -0.220. The second kappa shape index (κ2) is 7.12. The topological polar surface area (TPSA) is 156 Å². The number of carboxylic acids is 2. The zero-order valence-corrected chi connectivity index (χ0v) is 6.81. The predicted octanol–water partition coefficient (Wildman–Crippen LogP) is -3.94. The number of carbonyl (C=O) groups is 2. The average Bonchev–Trinajstić information content (AvgIpc) is 2.12. The molecule has 0 aromatic rings. The van der Waals surface area contributed by atoms with Crippen molar-refractivity contribution in [1.82, 2.24) is 0 Å². The van der Waals surface area contributed by atoms with Gasteiger partial charge in [0, 0.05) is 0 Å². The van der Waals surface area contributed by atoms with Crippen molar-refractivity contribution in [2.75, 3.05) is 0 Å². The fourth-order valence-corrected chi connectivity index (χ4v) is 0.666. The molecule has 8 nitrogen and oxygen atoms in total. The first-order valence-electron chi connectivity index (χ1n) is 3.47. The summed E-state index contributed by atoms with van der Waals surface area (Å²) in [7, 11) is 0. The van der Waals surface area contributed by atoms with E-state index in [1.165, 1.54) is 0 Å². The summed E-state index contributed by atoms with van der Waals surface area (Å²) < 4.78 is 0. The van der Waals surface area contributed by atoms with E-state index >= 15 is 0 Å². The third-order valence-electron chi connectivity index (χ3n) is 1.50. The number of rotatable bonds is 5. The maximum atomic E-state index is 10.1. The normalized spacial score (nSPS) is 18.1. The van der Waals surface area contributed by atoms with Crippen molar-refractivity contribution < 1.29 is 41.7 Å². The van der Waals surface area contributed by atoms with Crippen molar-refractivity contribution in [2.24, 2.45) is 0 Å². The summed E-state index contributed by atoms with van der Waals surface area (Å²) in [6.45, 7) is 0. The Labute approximate surface area is 108 Å². The van der Waals surface area contributed by atoms with Gasteiger partial charge in [0.25, 0.3) is 0 Å². The van der Waals surface area contributed by atoms with Crippen molar-refractivity contribution in [2.45, 2.75) is 24.4 Å². The van der Waals surface area contributed by atoms with Gasteiger partial charge in [-0.05, 0) is 0 Å². The standard InChI is InChI=1S/C6H10O8.Na.H/c7-1(3(9)5(11)12)2(8)4(10)6(13)14;;/h1-4,7-10H,(H,11,12)(H,13,14);;/p+1. The number of hydrogen-bond acceptors (Lipinski definition) is 6. The third-order valence-corrected chi connectivity index (χ3v) is 1.50. The molecule has 0 aliphatic rings. The molecule has 0 spiro atoms. The monoisotopic (exact) mass is 235 g/mol. The Morgan fingerprint density at radius 1 is 0.800 bits per heavy atom. The molecule has 0 heterocycles. The second-order valence-electron chi connectivity index (χ2n) is 2.55. The van der Waals surface area contributed by atoms with Crippen LogP contribution in [0, 0.1) is 0 Å². The van der Waals surface area contributed by atoms with Crippen LogP contribution in [0.5, 0.6) is 0 Å². The van der Waals surface area contributed by atoms with E-state index in [4.69, 9.17) is 30.6 Å². The Morgan fingerprint density at radius 3 is 1.13 bits per heavy atom. The minimum absolute atomic E-state index is 0. The van der Waals surface area contributed by atoms with E-state index in [1.54, 1.807) is 0 Å². The van der Waals surface area contributed by atoms with Gasteiger partial charge in [0.1, 0.15) is 12.2 Å². The fraction of sp³-hybridized carbons (Fsp3) is 0.667. The fourth-order valence-electron chi connectivity index (χ4n) is 0.666. The number of aliphatic hydroxyl groups is 4. The van der Waals surface area contributed by atoms with Crippen molar-refractivity contribution in [3.63, 3.8) is 0 Å². The van der Waals surface area contributed by atoms with Gasteiger partial charge in [-0.2, -0.15) is 0 Å². The van der Waals surface area contributed by atoms with Gasteiger partial charge in [-0.3, -0.25) is 0 Å². The predicted molar refractivity (Wildman–Crippen MR) is 47.6 cm³/mol. The van der Waals surface area contributed by atoms with Crippen molar-refractivity contribution >= 4 is 41.5 Å². The molecule has 0 aliphatic heterocycles. The second-order valence-corrected chi connectivity index (χ2v) is 2.55. The summed E-state index contributed by atoms with van der Waals surface area (Å²) in [6.07, 6.45) is -9.28. The van der Waals surface area contributed by atoms with Crippen molar-refractivity contribution in [1.29, 1.82) is 0 Å². The van der Waals surface area contributed by atoms with Crippen LogP contribution >= 0.6 is 0 Å². The first-order valence-corrected chi connectivity index (χ1v) is 3.47. The SMILES string of the molecule is O=C(O)C(O)C(O)C(O)C(O)C(=O)O.[H+].[NaH]. The van der Waals surface area contributed by atoms with Gasteiger partial charge in [-0.1, -0.05) is 0 Å². The summed E-state index contributed by atoms with van der Waals surface area (Å²) in [5.41, 5.74) is 0. The van der Waals surface area contributed by atoms with Gasteiger partial charge in [0.15, 0.2) is 12.2 Å². The first-order chi connectivity index (χ1) is 6.29. The van der Waals surface area contributed by atoms with E-state index in [9.17, 15) is 9.59 Å². The van der Waals surface area contributed by atoms with Gasteiger partial charge in [0.2, 0.25) is 0 Å². The van der Waals surface area contributed by atoms with Gasteiger partial charge in [-0.15, -0.1) is 0 Å². The Morgan fingerprint density at radius 2 is 1.00 bits per heavy atom. The number of carboxylic acid groups (broad SMARTS) is 2. The molecule has 0 rings (SSSR count). The zero-order valence-electron chi connectivity index (χ0n) is 7.81. The van der Waals surface area contributed by atoms with E-state index in [0.717, 1.165) is 0 Å². The molecular weight excluding hydrogens is 223 g/mol. The quantitative estimate of drug-likeness (QED) is 0.264. The zero-order chi connectivity index (χ0) is 11.5. The summed E-state index contributed by atoms with van der Waals surface area (Å²) in [5, 5.41) is 51.5. The van der Waals surface area contributed by atoms with Gasteiger partial charge >= 0.3 is 42.9 Å². The molecule has 0 radical (unpaired) electrons. The van der Waals surface area contributed by atoms with Gasteiger partial charge in [-0.25, -0.2) is 9.59 Å². The molecule has 15 heavy (non-hydrogen) atoms. The van der Waals surface area contributed by atoms with Crippen LogP contribution in [-0.4, -0.2) is 96.6 Å². The van der Waals surface area contributed by atoms with E-state index in [-0.39, 0.29) is 31.0 Å². The molecule has 0 saturated heterocycles. The van der Waals surface area contributed by atoms with Crippen LogP contribution in [0.3, 0.4) is 0 Å². The molecule has 9 heteroatoms. The van der Waals surface area contributed by atoms with Crippen LogP contribution in [0.1, 0.15) is 1.43 Å². The van der Waals surface area contributed by atoms with Crippen LogP contribution in [0.2, 0.25) is 0 Å². The van der Waals surface area contributed by atoms with Crippen LogP contribution in [0.25, 0.3) is 0 Å². The van der Waals surface area contributed by atoms with E-state index in [0.29, 0.717) is 0 Å². The van der Waals surface area contributed by atoms with Crippen LogP contribution in [0.4, 0.5) is 0 Å². The molecule has 0 aromatic carbocycles. The number of aliphatic carboxylic acids is 2. The van der Waals surface area contributed by atoms with E-state index in [1.807, 2.05) is 0 Å². The number of aliphatic hydroxyl groups excluding tert-OH is 4. The molecule has 0 amide bonds. The summed E-state index contributed by atoms with van der Waals surface area (Å²) in [4.78, 5) is 20.2. The molecular formula is C6H12NaO8+. The van der Waals surface area contributed by atoms with Crippen LogP contribution < -0.4 is 0 Å². The van der Waals surface area contributed by atoms with Gasteiger partial charge < -0.3 is 30.6 Å². The van der Waals surface area contributed by atoms with Crippen LogP contribution in [0.15, 0.2) is 0 Å². The van der Waals surface area contributed by atoms with Crippen molar-refractivity contribution in [3.05, 3.63) is 0 Å². The van der Waals surface area contributed by atoms with E-state index < -0.39 is 36.4 Å². The third kappa shape index (κ3) is 4.89. The molecule has 4 atom stereocenters. The van der Waals surface area contributed by atoms with Crippen LogP contribution in [-0.2, 0) is 9.59 Å². The summed E-state index contributed by atoms with van der Waals surface area (Å²) in [6, 6.07) is 0. The molecule has 84 valence electrons. The molecule has 0 fully saturated rings. The number of hydrogen-bond donors (Lipinski definition) is 6. The maximum absolute atomic E-state index is 10.1. The first kappa shape index (κ1) is 17.2. The average molecular weight is 235 g/mol. The van der Waals surface area contributed by atoms with Gasteiger partial charge in [0.05, 0.1) is 0 Å². The van der Waals surface area contributed by atoms with Crippen molar-refractivity contribution in [3.8, 4) is 0 Å². The van der Waals surface area contributed by atoms with E-state index in [2.05, 4.69) is 0 Å². The molecule has 0 aliphatic carbocycles. The Balaban J connectivity index is -0.000000845. The molecule has 0 bridgehead atoms. The summed E-state index contributed by atoms with van der Waals surface area (Å²) in [5.74, 6) is -3.68.